The average Bonchev–Trinajstić information content (AvgIpc) is 3.01. The van der Waals surface area contributed by atoms with E-state index in [2.05, 4.69) is 4.74 Å². The standard InChI is InChI=1S/C22H12F6O6/c1-2-15(30)10-5-16-13(3-9(10)7-29)20(22(26,27)28,8-21(23,24)25)14-4-11-12(6-17(14)33-16)19(32)34-18(11)31/h3-7H,2,8H2,1H3. The van der Waals surface area contributed by atoms with E-state index in [1.54, 1.807) is 0 Å². The minimum Gasteiger partial charge on any atom is -0.457 e. The normalized spacial score (nSPS) is 19.0. The fourth-order valence-corrected chi connectivity index (χ4v) is 4.23. The number of rotatable bonds is 4. The zero-order valence-electron chi connectivity index (χ0n) is 17.0. The van der Waals surface area contributed by atoms with Crippen LogP contribution in [0.1, 0.15) is 72.3 Å². The number of carbonyl (C=O) groups excluding carboxylic acids is 4. The van der Waals surface area contributed by atoms with Gasteiger partial charge in [0.25, 0.3) is 0 Å². The third kappa shape index (κ3) is 3.35. The predicted octanol–water partition coefficient (Wildman–Crippen LogP) is 5.31. The molecule has 0 saturated heterocycles. The Kier molecular flexibility index (Phi) is 5.11. The molecule has 0 amide bonds. The highest BCUT2D eigenvalue weighted by molar-refractivity contribution is 6.15. The van der Waals surface area contributed by atoms with Crippen LogP contribution >= 0.6 is 0 Å². The van der Waals surface area contributed by atoms with Crippen LogP contribution in [-0.2, 0) is 10.2 Å². The molecule has 0 saturated carbocycles. The molecule has 0 aromatic heterocycles. The highest BCUT2D eigenvalue weighted by atomic mass is 19.4. The maximum atomic E-state index is 14.7. The molecule has 12 heteroatoms. The van der Waals surface area contributed by atoms with E-state index >= 15 is 0 Å². The molecular formula is C22H12F6O6. The van der Waals surface area contributed by atoms with Crippen LogP contribution in [0.25, 0.3) is 0 Å². The maximum absolute atomic E-state index is 14.7. The van der Waals surface area contributed by atoms with Gasteiger partial charge < -0.3 is 9.47 Å². The Morgan fingerprint density at radius 3 is 2.00 bits per heavy atom. The van der Waals surface area contributed by atoms with Gasteiger partial charge in [-0.3, -0.25) is 9.59 Å². The van der Waals surface area contributed by atoms with Crippen LogP contribution in [0.5, 0.6) is 11.5 Å². The van der Waals surface area contributed by atoms with Crippen LogP contribution in [0.15, 0.2) is 24.3 Å². The van der Waals surface area contributed by atoms with Crippen LogP contribution in [0.2, 0.25) is 0 Å². The molecule has 2 aliphatic rings. The summed E-state index contributed by atoms with van der Waals surface area (Å²) in [6.07, 6.45) is -13.5. The highest BCUT2D eigenvalue weighted by Gasteiger charge is 2.65. The van der Waals surface area contributed by atoms with Crippen LogP contribution in [-0.4, -0.2) is 36.4 Å². The minimum atomic E-state index is -5.62. The summed E-state index contributed by atoms with van der Waals surface area (Å²) < 4.78 is 94.8. The van der Waals surface area contributed by atoms with Gasteiger partial charge in [0, 0.05) is 28.7 Å². The monoisotopic (exact) mass is 486 g/mol. The summed E-state index contributed by atoms with van der Waals surface area (Å²) >= 11 is 0. The highest BCUT2D eigenvalue weighted by Crippen LogP contribution is 2.60. The van der Waals surface area contributed by atoms with E-state index in [1.807, 2.05) is 0 Å². The molecule has 0 radical (unpaired) electrons. The van der Waals surface area contributed by atoms with Crippen molar-refractivity contribution in [3.8, 4) is 11.5 Å². The second kappa shape index (κ2) is 7.40. The van der Waals surface area contributed by atoms with Crippen LogP contribution in [0.4, 0.5) is 26.3 Å². The Labute approximate surface area is 186 Å². The summed E-state index contributed by atoms with van der Waals surface area (Å²) in [6.45, 7) is 1.42. The molecular weight excluding hydrogens is 474 g/mol. The Bertz CT molecular complexity index is 1280. The lowest BCUT2D eigenvalue weighted by molar-refractivity contribution is -0.223. The van der Waals surface area contributed by atoms with Crippen molar-refractivity contribution in [2.45, 2.75) is 37.5 Å². The number of Topliss-reactive ketones (excluding diaryl/α,β-unsaturated/α-hetero) is 1. The van der Waals surface area contributed by atoms with Crippen LogP contribution < -0.4 is 4.74 Å². The molecule has 2 aliphatic heterocycles. The molecule has 2 aromatic rings. The molecule has 178 valence electrons. The number of carbonyl (C=O) groups is 4. The molecule has 6 nitrogen and oxygen atoms in total. The van der Waals surface area contributed by atoms with Gasteiger partial charge in [0.1, 0.15) is 16.9 Å². The van der Waals surface area contributed by atoms with Gasteiger partial charge in [0.15, 0.2) is 12.1 Å². The van der Waals surface area contributed by atoms with Gasteiger partial charge >= 0.3 is 24.3 Å². The second-order valence-electron chi connectivity index (χ2n) is 7.70. The number of fused-ring (bicyclic) bond motifs is 3. The van der Waals surface area contributed by atoms with E-state index in [0.29, 0.717) is 18.2 Å². The molecule has 2 heterocycles. The number of aldehydes is 1. The number of alkyl halides is 6. The number of esters is 2. The molecule has 0 N–H and O–H groups in total. The largest absolute Gasteiger partial charge is 0.457 e. The lowest BCUT2D eigenvalue weighted by Gasteiger charge is -2.42. The molecule has 4 rings (SSSR count). The molecule has 1 atom stereocenters. The maximum Gasteiger partial charge on any atom is 0.403 e. The molecule has 0 fully saturated rings. The van der Waals surface area contributed by atoms with Gasteiger partial charge in [-0.1, -0.05) is 6.92 Å². The lowest BCUT2D eigenvalue weighted by Crippen LogP contribution is -2.48. The molecule has 0 aliphatic carbocycles. The van der Waals surface area contributed by atoms with Crippen molar-refractivity contribution >= 4 is 24.0 Å². The Morgan fingerprint density at radius 1 is 0.912 bits per heavy atom. The topological polar surface area (TPSA) is 86.7 Å². The van der Waals surface area contributed by atoms with Crippen molar-refractivity contribution < 1.29 is 55.0 Å². The summed E-state index contributed by atoms with van der Waals surface area (Å²) in [7, 11) is 0. The molecule has 1 unspecified atom stereocenters. The summed E-state index contributed by atoms with van der Waals surface area (Å²) in [5.41, 5.74) is -7.98. The van der Waals surface area contributed by atoms with Gasteiger partial charge in [-0.05, 0) is 24.3 Å². The van der Waals surface area contributed by atoms with E-state index in [4.69, 9.17) is 4.74 Å². The molecule has 0 bridgehead atoms. The quantitative estimate of drug-likeness (QED) is 0.192. The lowest BCUT2D eigenvalue weighted by atomic mass is 9.68. The zero-order valence-corrected chi connectivity index (χ0v) is 17.0. The van der Waals surface area contributed by atoms with E-state index in [0.717, 1.165) is 6.07 Å². The molecule has 0 spiro atoms. The van der Waals surface area contributed by atoms with Gasteiger partial charge in [-0.25, -0.2) is 9.59 Å². The predicted molar refractivity (Wildman–Crippen MR) is 100 cm³/mol. The summed E-state index contributed by atoms with van der Waals surface area (Å²) in [5.74, 6) is -4.70. The first-order valence-electron chi connectivity index (χ1n) is 9.66. The van der Waals surface area contributed by atoms with Crippen molar-refractivity contribution in [1.29, 1.82) is 0 Å². The van der Waals surface area contributed by atoms with Crippen molar-refractivity contribution in [3.05, 3.63) is 57.6 Å². The van der Waals surface area contributed by atoms with Crippen molar-refractivity contribution in [3.63, 3.8) is 0 Å². The van der Waals surface area contributed by atoms with Gasteiger partial charge in [0.05, 0.1) is 17.5 Å². The first-order valence-corrected chi connectivity index (χ1v) is 9.66. The number of benzene rings is 2. The fraction of sp³-hybridized carbons (Fsp3) is 0.273. The smallest absolute Gasteiger partial charge is 0.403 e. The Hall–Kier alpha value is -3.70. The number of ketones is 1. The number of hydrogen-bond donors (Lipinski definition) is 0. The average molecular weight is 486 g/mol. The van der Waals surface area contributed by atoms with Gasteiger partial charge in [-0.2, -0.15) is 26.3 Å². The third-order valence-corrected chi connectivity index (χ3v) is 5.73. The minimum absolute atomic E-state index is 0.0616. The molecule has 34 heavy (non-hydrogen) atoms. The van der Waals surface area contributed by atoms with Crippen LogP contribution in [0.3, 0.4) is 0 Å². The Balaban J connectivity index is 2.14. The summed E-state index contributed by atoms with van der Waals surface area (Å²) in [5, 5.41) is 0. The first-order chi connectivity index (χ1) is 15.7. The van der Waals surface area contributed by atoms with Crippen LogP contribution in [0, 0.1) is 0 Å². The van der Waals surface area contributed by atoms with E-state index in [1.165, 1.54) is 6.92 Å². The summed E-state index contributed by atoms with van der Waals surface area (Å²) in [6, 6.07) is 2.52. The first kappa shape index (κ1) is 23.5. The van der Waals surface area contributed by atoms with E-state index in [-0.39, 0.29) is 18.3 Å². The zero-order chi connectivity index (χ0) is 25.2. The number of halogens is 6. The number of ether oxygens (including phenoxy) is 2. The van der Waals surface area contributed by atoms with E-state index in [9.17, 15) is 45.5 Å². The van der Waals surface area contributed by atoms with E-state index < -0.39 is 81.2 Å². The number of hydrogen-bond acceptors (Lipinski definition) is 6. The SMILES string of the molecule is CCC(=O)c1cc2c(cc1C=O)C(CC(F)(F)F)(C(F)(F)F)c1cc3c(cc1O2)C(=O)OC3=O. The Morgan fingerprint density at radius 2 is 1.47 bits per heavy atom. The number of cyclic esters (lactones) is 2. The van der Waals surface area contributed by atoms with Gasteiger partial charge in [-0.15, -0.1) is 0 Å². The second-order valence-corrected chi connectivity index (χ2v) is 7.70. The van der Waals surface area contributed by atoms with Crippen molar-refractivity contribution in [2.24, 2.45) is 0 Å². The summed E-state index contributed by atoms with van der Waals surface area (Å²) in [4.78, 5) is 47.6. The fourth-order valence-electron chi connectivity index (χ4n) is 4.23. The third-order valence-electron chi connectivity index (χ3n) is 5.73. The van der Waals surface area contributed by atoms with Crippen molar-refractivity contribution in [1.82, 2.24) is 0 Å². The van der Waals surface area contributed by atoms with Crippen molar-refractivity contribution in [2.75, 3.05) is 0 Å². The molecule has 2 aromatic carbocycles. The van der Waals surface area contributed by atoms with Gasteiger partial charge in [0.2, 0.25) is 0 Å².